The first-order valence-corrected chi connectivity index (χ1v) is 11.8. The van der Waals surface area contributed by atoms with Gasteiger partial charge in [0.1, 0.15) is 0 Å². The van der Waals surface area contributed by atoms with Crippen LogP contribution in [0.1, 0.15) is 34.6 Å². The van der Waals surface area contributed by atoms with E-state index in [-0.39, 0.29) is 43.8 Å². The second kappa shape index (κ2) is 7.87. The average molecular weight is 481 g/mol. The predicted molar refractivity (Wildman–Crippen MR) is 132 cm³/mol. The Balaban J connectivity index is 1.28. The molecule has 6 rings (SSSR count). The van der Waals surface area contributed by atoms with E-state index < -0.39 is 10.8 Å². The number of aromatic nitrogens is 4. The van der Waals surface area contributed by atoms with E-state index in [9.17, 15) is 14.4 Å². The molecule has 0 atom stereocenters. The molecule has 36 heavy (non-hydrogen) atoms. The van der Waals surface area contributed by atoms with Gasteiger partial charge in [-0.15, -0.1) is 0 Å². The third-order valence-electron chi connectivity index (χ3n) is 7.26. The van der Waals surface area contributed by atoms with Gasteiger partial charge in [-0.05, 0) is 50.2 Å². The SMILES string of the molecule is CC12CN(C(=O)c3ccc4nccnc4c3)CC(C)(CN(C(=O)c3ccc4nccnc4c3)C1)C2=O. The molecule has 2 aliphatic heterocycles. The number of nitrogens with zero attached hydrogens (tertiary/aromatic N) is 6. The van der Waals surface area contributed by atoms with Crippen LogP contribution in [0.3, 0.4) is 0 Å². The van der Waals surface area contributed by atoms with E-state index >= 15 is 0 Å². The van der Waals surface area contributed by atoms with Gasteiger partial charge in [-0.2, -0.15) is 0 Å². The molecule has 0 saturated carbocycles. The average Bonchev–Trinajstić information content (AvgIpc) is 2.89. The fraction of sp³-hybridized carbons (Fsp3) is 0.296. The highest BCUT2D eigenvalue weighted by molar-refractivity contribution is 6.02. The molecule has 4 heterocycles. The van der Waals surface area contributed by atoms with Crippen molar-refractivity contribution in [2.45, 2.75) is 13.8 Å². The molecule has 0 N–H and O–H groups in total. The molecule has 2 aromatic carbocycles. The molecule has 0 spiro atoms. The van der Waals surface area contributed by atoms with Crippen molar-refractivity contribution < 1.29 is 14.4 Å². The first kappa shape index (κ1) is 22.2. The highest BCUT2D eigenvalue weighted by Gasteiger charge is 2.57. The quantitative estimate of drug-likeness (QED) is 0.434. The number of likely N-dealkylation sites (tertiary alicyclic amines) is 2. The molecule has 2 saturated heterocycles. The van der Waals surface area contributed by atoms with Crippen LogP contribution in [-0.2, 0) is 4.79 Å². The van der Waals surface area contributed by atoms with Gasteiger partial charge in [-0.25, -0.2) is 0 Å². The van der Waals surface area contributed by atoms with Crippen LogP contribution in [0.5, 0.6) is 0 Å². The normalized spacial score (nSPS) is 23.8. The lowest BCUT2D eigenvalue weighted by atomic mass is 9.64. The molecule has 2 bridgehead atoms. The van der Waals surface area contributed by atoms with Crippen molar-refractivity contribution >= 4 is 39.7 Å². The third-order valence-corrected chi connectivity index (χ3v) is 7.26. The third kappa shape index (κ3) is 3.50. The van der Waals surface area contributed by atoms with Crippen molar-refractivity contribution in [1.82, 2.24) is 29.7 Å². The van der Waals surface area contributed by atoms with Crippen LogP contribution in [-0.4, -0.2) is 73.5 Å². The zero-order valence-electron chi connectivity index (χ0n) is 20.0. The van der Waals surface area contributed by atoms with Crippen LogP contribution in [0.15, 0.2) is 61.2 Å². The number of hydrogen-bond donors (Lipinski definition) is 0. The molecule has 0 unspecified atom stereocenters. The zero-order chi connectivity index (χ0) is 25.1. The molecule has 9 nitrogen and oxygen atoms in total. The number of benzene rings is 2. The number of fused-ring (bicyclic) bond motifs is 4. The summed E-state index contributed by atoms with van der Waals surface area (Å²) in [5.41, 5.74) is 1.99. The second-order valence-electron chi connectivity index (χ2n) is 10.3. The summed E-state index contributed by atoms with van der Waals surface area (Å²) in [5.74, 6) is -0.211. The fourth-order valence-electron chi connectivity index (χ4n) is 5.76. The monoisotopic (exact) mass is 480 g/mol. The number of carbonyl (C=O) groups is 3. The largest absolute Gasteiger partial charge is 0.337 e. The van der Waals surface area contributed by atoms with E-state index in [1.54, 1.807) is 71.0 Å². The summed E-state index contributed by atoms with van der Waals surface area (Å²) in [6.45, 7) is 4.67. The lowest BCUT2D eigenvalue weighted by Gasteiger charge is -2.55. The number of hydrogen-bond acceptors (Lipinski definition) is 7. The van der Waals surface area contributed by atoms with Gasteiger partial charge in [0, 0.05) is 62.1 Å². The highest BCUT2D eigenvalue weighted by atomic mass is 16.2. The molecule has 2 aliphatic rings. The van der Waals surface area contributed by atoms with Crippen molar-refractivity contribution in [3.05, 3.63) is 72.3 Å². The Labute approximate surface area is 207 Å². The summed E-state index contributed by atoms with van der Waals surface area (Å²) in [6.07, 6.45) is 6.41. The summed E-state index contributed by atoms with van der Waals surface area (Å²) >= 11 is 0. The van der Waals surface area contributed by atoms with E-state index in [0.29, 0.717) is 33.2 Å². The zero-order valence-corrected chi connectivity index (χ0v) is 20.0. The van der Waals surface area contributed by atoms with Gasteiger partial charge >= 0.3 is 0 Å². The molecule has 2 aromatic heterocycles. The molecular weight excluding hydrogens is 456 g/mol. The van der Waals surface area contributed by atoms with Gasteiger partial charge < -0.3 is 9.80 Å². The standard InChI is InChI=1S/C27H24N6O3/c1-26-13-32(23(34)17-3-5-19-21(11-17)30-9-7-28-19)15-27(2,25(26)36)16-33(14-26)24(35)18-4-6-20-22(12-18)31-10-8-29-20/h3-12H,13-16H2,1-2H3. The minimum atomic E-state index is -0.871. The fourth-order valence-corrected chi connectivity index (χ4v) is 5.76. The first-order valence-electron chi connectivity index (χ1n) is 11.8. The van der Waals surface area contributed by atoms with Crippen LogP contribution < -0.4 is 0 Å². The Kier molecular flexibility index (Phi) is 4.86. The number of carbonyl (C=O) groups excluding carboxylic acids is 3. The van der Waals surface area contributed by atoms with E-state index in [1.165, 1.54) is 0 Å². The maximum atomic E-state index is 13.5. The van der Waals surface area contributed by atoms with Gasteiger partial charge in [0.25, 0.3) is 11.8 Å². The Morgan fingerprint density at radius 1 is 0.639 bits per heavy atom. The topological polar surface area (TPSA) is 109 Å². The molecule has 0 aliphatic carbocycles. The maximum Gasteiger partial charge on any atom is 0.253 e. The van der Waals surface area contributed by atoms with Crippen molar-refractivity contribution in [2.75, 3.05) is 26.2 Å². The van der Waals surface area contributed by atoms with E-state index in [2.05, 4.69) is 19.9 Å². The van der Waals surface area contributed by atoms with Crippen LogP contribution in [0.4, 0.5) is 0 Å². The minimum Gasteiger partial charge on any atom is -0.337 e. The van der Waals surface area contributed by atoms with Crippen LogP contribution in [0, 0.1) is 10.8 Å². The van der Waals surface area contributed by atoms with Crippen molar-refractivity contribution in [1.29, 1.82) is 0 Å². The Bertz CT molecular complexity index is 1440. The second-order valence-corrected chi connectivity index (χ2v) is 10.3. The van der Waals surface area contributed by atoms with Crippen molar-refractivity contribution in [2.24, 2.45) is 10.8 Å². The Morgan fingerprint density at radius 3 is 1.39 bits per heavy atom. The molecule has 4 aromatic rings. The molecular formula is C27H24N6O3. The molecule has 180 valence electrons. The Hall–Kier alpha value is -4.27. The number of piperidine rings is 2. The summed E-state index contributed by atoms with van der Waals surface area (Å²) in [6, 6.07) is 10.5. The van der Waals surface area contributed by atoms with Crippen LogP contribution in [0.25, 0.3) is 22.1 Å². The molecule has 9 heteroatoms. The number of rotatable bonds is 2. The highest BCUT2D eigenvalue weighted by Crippen LogP contribution is 2.43. The molecule has 0 radical (unpaired) electrons. The molecule has 2 fully saturated rings. The van der Waals surface area contributed by atoms with E-state index in [4.69, 9.17) is 0 Å². The van der Waals surface area contributed by atoms with Crippen molar-refractivity contribution in [3.8, 4) is 0 Å². The van der Waals surface area contributed by atoms with Gasteiger partial charge in [-0.3, -0.25) is 34.3 Å². The van der Waals surface area contributed by atoms with E-state index in [1.807, 2.05) is 13.8 Å². The van der Waals surface area contributed by atoms with Crippen molar-refractivity contribution in [3.63, 3.8) is 0 Å². The lowest BCUT2D eigenvalue weighted by Crippen LogP contribution is -2.69. The maximum absolute atomic E-state index is 13.5. The number of Topliss-reactive ketones (excluding diaryl/α,β-unsaturated/α-hetero) is 1. The number of amides is 2. The minimum absolute atomic E-state index is 0.0943. The lowest BCUT2D eigenvalue weighted by molar-refractivity contribution is -0.153. The summed E-state index contributed by atoms with van der Waals surface area (Å²) in [5, 5.41) is 0. The summed E-state index contributed by atoms with van der Waals surface area (Å²) in [4.78, 5) is 61.1. The van der Waals surface area contributed by atoms with Crippen LogP contribution in [0.2, 0.25) is 0 Å². The Morgan fingerprint density at radius 2 is 1.00 bits per heavy atom. The smallest absolute Gasteiger partial charge is 0.253 e. The van der Waals surface area contributed by atoms with Crippen LogP contribution >= 0.6 is 0 Å². The number of ketones is 1. The summed E-state index contributed by atoms with van der Waals surface area (Å²) in [7, 11) is 0. The molecule has 2 amide bonds. The van der Waals surface area contributed by atoms with Gasteiger partial charge in [0.2, 0.25) is 0 Å². The van der Waals surface area contributed by atoms with E-state index in [0.717, 1.165) is 0 Å². The first-order chi connectivity index (χ1) is 17.3. The van der Waals surface area contributed by atoms with Gasteiger partial charge in [-0.1, -0.05) is 0 Å². The van der Waals surface area contributed by atoms with Gasteiger partial charge in [0.15, 0.2) is 5.78 Å². The van der Waals surface area contributed by atoms with Gasteiger partial charge in [0.05, 0.1) is 32.9 Å². The predicted octanol–water partition coefficient (Wildman–Crippen LogP) is 2.77. The summed E-state index contributed by atoms with van der Waals surface area (Å²) < 4.78 is 0.